The number of halogens is 2. The smallest absolute Gasteiger partial charge is 0.223 e. The van der Waals surface area contributed by atoms with Crippen LogP contribution in [0.2, 0.25) is 0 Å². The van der Waals surface area contributed by atoms with Gasteiger partial charge in [0.1, 0.15) is 11.6 Å². The van der Waals surface area contributed by atoms with E-state index < -0.39 is 11.6 Å². The number of rotatable bonds is 7. The van der Waals surface area contributed by atoms with Crippen LogP contribution in [0.25, 0.3) is 11.4 Å². The van der Waals surface area contributed by atoms with Crippen LogP contribution in [0, 0.1) is 18.6 Å². The first-order valence-corrected chi connectivity index (χ1v) is 11.2. The Kier molecular flexibility index (Phi) is 7.01. The summed E-state index contributed by atoms with van der Waals surface area (Å²) in [5.74, 6) is -0.991. The molecule has 0 bridgehead atoms. The Labute approximate surface area is 198 Å². The predicted octanol–water partition coefficient (Wildman–Crippen LogP) is 5.63. The molecule has 2 heterocycles. The van der Waals surface area contributed by atoms with Gasteiger partial charge in [-0.1, -0.05) is 48.9 Å². The molecule has 0 unspecified atom stereocenters. The lowest BCUT2D eigenvalue weighted by Gasteiger charge is -2.27. The zero-order valence-electron chi connectivity index (χ0n) is 19.2. The van der Waals surface area contributed by atoms with Crippen molar-refractivity contribution < 1.29 is 8.78 Å². The standard InChI is InChI=1S/C27H27F2N5/c1-3-19-12-15-34(16-13-19)26(25(30)20-9-7-18(2)8-10-20)24-11-14-31-27(33-24)32-17-21-22(28)5-4-6-23(21)29/h4-15H,3,16-17,30H2,1-2H3,(H,31,32,33)/b26-25-. The van der Waals surface area contributed by atoms with Gasteiger partial charge in [0.15, 0.2) is 0 Å². The molecule has 0 spiro atoms. The summed E-state index contributed by atoms with van der Waals surface area (Å²) < 4.78 is 28.0. The Balaban J connectivity index is 1.69. The minimum absolute atomic E-state index is 0.0670. The molecule has 1 aromatic heterocycles. The first kappa shape index (κ1) is 23.2. The molecule has 0 amide bonds. The zero-order chi connectivity index (χ0) is 24.1. The second kappa shape index (κ2) is 10.3. The van der Waals surface area contributed by atoms with Crippen molar-refractivity contribution in [1.29, 1.82) is 0 Å². The van der Waals surface area contributed by atoms with E-state index >= 15 is 0 Å². The SMILES string of the molecule is CCC1=CCN(/C(=C(\N)c2ccc(C)cc2)c2ccnc(NCc3c(F)cccc3F)n2)C=C1. The molecule has 7 heteroatoms. The third-order valence-electron chi connectivity index (χ3n) is 5.72. The van der Waals surface area contributed by atoms with Gasteiger partial charge in [-0.2, -0.15) is 0 Å². The Morgan fingerprint density at radius 2 is 1.82 bits per heavy atom. The van der Waals surface area contributed by atoms with Gasteiger partial charge in [-0.3, -0.25) is 0 Å². The van der Waals surface area contributed by atoms with Crippen LogP contribution >= 0.6 is 0 Å². The molecule has 1 aliphatic heterocycles. The van der Waals surface area contributed by atoms with Crippen molar-refractivity contribution in [2.45, 2.75) is 26.8 Å². The minimum atomic E-state index is -0.621. The van der Waals surface area contributed by atoms with Gasteiger partial charge in [0.25, 0.3) is 0 Å². The van der Waals surface area contributed by atoms with Crippen molar-refractivity contribution in [3.8, 4) is 0 Å². The van der Waals surface area contributed by atoms with Gasteiger partial charge in [-0.15, -0.1) is 0 Å². The molecule has 0 saturated carbocycles. The third-order valence-corrected chi connectivity index (χ3v) is 5.72. The molecule has 2 aromatic carbocycles. The van der Waals surface area contributed by atoms with E-state index in [9.17, 15) is 8.78 Å². The predicted molar refractivity (Wildman–Crippen MR) is 132 cm³/mol. The molecule has 0 saturated heterocycles. The average molecular weight is 460 g/mol. The van der Waals surface area contributed by atoms with E-state index in [4.69, 9.17) is 5.73 Å². The number of hydrogen-bond donors (Lipinski definition) is 2. The van der Waals surface area contributed by atoms with Crippen molar-refractivity contribution in [2.24, 2.45) is 5.73 Å². The summed E-state index contributed by atoms with van der Waals surface area (Å²) in [6, 6.07) is 13.5. The third kappa shape index (κ3) is 5.14. The molecule has 5 nitrogen and oxygen atoms in total. The van der Waals surface area contributed by atoms with Crippen molar-refractivity contribution in [1.82, 2.24) is 14.9 Å². The van der Waals surface area contributed by atoms with Crippen molar-refractivity contribution >= 4 is 17.3 Å². The van der Waals surface area contributed by atoms with Crippen LogP contribution in [0.1, 0.15) is 35.7 Å². The van der Waals surface area contributed by atoms with Gasteiger partial charge in [0.2, 0.25) is 5.95 Å². The number of aryl methyl sites for hydroxylation is 1. The summed E-state index contributed by atoms with van der Waals surface area (Å²) in [5, 5.41) is 2.93. The highest BCUT2D eigenvalue weighted by Gasteiger charge is 2.19. The molecular formula is C27H27F2N5. The first-order chi connectivity index (χ1) is 16.5. The second-order valence-corrected chi connectivity index (χ2v) is 8.05. The molecule has 1 aliphatic rings. The highest BCUT2D eigenvalue weighted by atomic mass is 19.1. The fourth-order valence-electron chi connectivity index (χ4n) is 3.71. The lowest BCUT2D eigenvalue weighted by atomic mass is 10.0. The summed E-state index contributed by atoms with van der Waals surface area (Å²) in [6.07, 6.45) is 8.77. The molecule has 174 valence electrons. The van der Waals surface area contributed by atoms with Crippen LogP contribution in [0.15, 0.2) is 78.7 Å². The average Bonchev–Trinajstić information content (AvgIpc) is 2.85. The Morgan fingerprint density at radius 3 is 2.47 bits per heavy atom. The number of nitrogens with one attached hydrogen (secondary N) is 1. The maximum Gasteiger partial charge on any atom is 0.223 e. The number of benzene rings is 2. The van der Waals surface area contributed by atoms with E-state index in [1.807, 2.05) is 42.3 Å². The number of nitrogens with two attached hydrogens (primary N) is 1. The minimum Gasteiger partial charge on any atom is -0.396 e. The van der Waals surface area contributed by atoms with E-state index in [1.165, 1.54) is 23.8 Å². The second-order valence-electron chi connectivity index (χ2n) is 8.05. The molecule has 34 heavy (non-hydrogen) atoms. The van der Waals surface area contributed by atoms with Crippen LogP contribution in [0.5, 0.6) is 0 Å². The molecule has 0 fully saturated rings. The lowest BCUT2D eigenvalue weighted by molar-refractivity contribution is 0.559. The topological polar surface area (TPSA) is 67.1 Å². The van der Waals surface area contributed by atoms with Gasteiger partial charge in [-0.05, 0) is 48.8 Å². The molecule has 0 aliphatic carbocycles. The highest BCUT2D eigenvalue weighted by molar-refractivity contribution is 5.88. The highest BCUT2D eigenvalue weighted by Crippen LogP contribution is 2.28. The molecule has 4 rings (SSSR count). The monoisotopic (exact) mass is 459 g/mol. The zero-order valence-corrected chi connectivity index (χ0v) is 19.2. The number of hydrogen-bond acceptors (Lipinski definition) is 5. The van der Waals surface area contributed by atoms with Gasteiger partial charge in [0, 0.05) is 31.0 Å². The van der Waals surface area contributed by atoms with Crippen molar-refractivity contribution in [2.75, 3.05) is 11.9 Å². The van der Waals surface area contributed by atoms with Gasteiger partial charge in [-0.25, -0.2) is 18.7 Å². The van der Waals surface area contributed by atoms with Gasteiger partial charge >= 0.3 is 0 Å². The maximum atomic E-state index is 14.0. The molecule has 0 radical (unpaired) electrons. The fraction of sp³-hybridized carbons (Fsp3) is 0.185. The van der Waals surface area contributed by atoms with E-state index in [0.717, 1.165) is 23.2 Å². The van der Waals surface area contributed by atoms with Gasteiger partial charge < -0.3 is 16.0 Å². The van der Waals surface area contributed by atoms with Crippen molar-refractivity contribution in [3.63, 3.8) is 0 Å². The van der Waals surface area contributed by atoms with Crippen molar-refractivity contribution in [3.05, 3.63) is 113 Å². The lowest BCUT2D eigenvalue weighted by Crippen LogP contribution is -2.23. The van der Waals surface area contributed by atoms with Crippen LogP contribution in [-0.4, -0.2) is 21.4 Å². The molecule has 3 N–H and O–H groups in total. The number of anilines is 1. The normalized spacial score (nSPS) is 14.0. The van der Waals surface area contributed by atoms with Crippen LogP contribution in [0.4, 0.5) is 14.7 Å². The summed E-state index contributed by atoms with van der Waals surface area (Å²) in [7, 11) is 0. The summed E-state index contributed by atoms with van der Waals surface area (Å²) in [6.45, 7) is 4.70. The Hall–Kier alpha value is -4.00. The summed E-state index contributed by atoms with van der Waals surface area (Å²) in [4.78, 5) is 10.9. The largest absolute Gasteiger partial charge is 0.396 e. The molecular weight excluding hydrogens is 432 g/mol. The molecule has 3 aromatic rings. The van der Waals surface area contributed by atoms with Crippen LogP contribution in [-0.2, 0) is 6.54 Å². The Bertz CT molecular complexity index is 1240. The van der Waals surface area contributed by atoms with Crippen LogP contribution in [0.3, 0.4) is 0 Å². The summed E-state index contributed by atoms with van der Waals surface area (Å²) in [5.41, 5.74) is 11.8. The fourth-order valence-corrected chi connectivity index (χ4v) is 3.71. The first-order valence-electron chi connectivity index (χ1n) is 11.2. The van der Waals surface area contributed by atoms with Crippen LogP contribution < -0.4 is 11.1 Å². The van der Waals surface area contributed by atoms with E-state index in [-0.39, 0.29) is 18.1 Å². The number of nitrogens with zero attached hydrogens (tertiary/aromatic N) is 3. The van der Waals surface area contributed by atoms with E-state index in [1.54, 1.807) is 12.3 Å². The number of allylic oxidation sites excluding steroid dienone is 2. The maximum absolute atomic E-state index is 14.0. The Morgan fingerprint density at radius 1 is 1.09 bits per heavy atom. The quantitative estimate of drug-likeness (QED) is 0.480. The molecule has 0 atom stereocenters. The van der Waals surface area contributed by atoms with E-state index in [0.29, 0.717) is 17.9 Å². The number of aromatic nitrogens is 2. The summed E-state index contributed by atoms with van der Waals surface area (Å²) >= 11 is 0. The van der Waals surface area contributed by atoms with E-state index in [2.05, 4.69) is 34.4 Å². The van der Waals surface area contributed by atoms with Gasteiger partial charge in [0.05, 0.1) is 17.1 Å².